The summed E-state index contributed by atoms with van der Waals surface area (Å²) in [5.74, 6) is -0.764. The number of aryl methyl sites for hydroxylation is 1. The zero-order chi connectivity index (χ0) is 18.2. The number of pyridine rings is 1. The molecule has 0 radical (unpaired) electrons. The summed E-state index contributed by atoms with van der Waals surface area (Å²) in [7, 11) is -3.60. The number of sulfone groups is 1. The van der Waals surface area contributed by atoms with Gasteiger partial charge in [-0.25, -0.2) is 12.8 Å². The number of halogens is 2. The fourth-order valence-corrected chi connectivity index (χ4v) is 3.71. The van der Waals surface area contributed by atoms with Crippen LogP contribution in [0.15, 0.2) is 64.2 Å². The number of benzene rings is 2. The quantitative estimate of drug-likeness (QED) is 0.597. The standard InChI is InChI=1S/C19H15BrFNO2S/c1-12-3-4-13(9-17(12)20)15-7-8-22-11-16(15)14-5-6-19(18(21)10-14)25(2,23)24/h3-11H,1-2H3. The van der Waals surface area contributed by atoms with Gasteiger partial charge in [-0.1, -0.05) is 34.1 Å². The van der Waals surface area contributed by atoms with Crippen molar-refractivity contribution < 1.29 is 12.8 Å². The Kier molecular flexibility index (Phi) is 4.75. The summed E-state index contributed by atoms with van der Waals surface area (Å²) in [5, 5.41) is 0. The molecule has 0 saturated heterocycles. The van der Waals surface area contributed by atoms with Crippen LogP contribution >= 0.6 is 15.9 Å². The monoisotopic (exact) mass is 419 g/mol. The van der Waals surface area contributed by atoms with Crippen molar-refractivity contribution in [2.24, 2.45) is 0 Å². The van der Waals surface area contributed by atoms with Crippen LogP contribution in [0.2, 0.25) is 0 Å². The summed E-state index contributed by atoms with van der Waals surface area (Å²) >= 11 is 3.52. The lowest BCUT2D eigenvalue weighted by Gasteiger charge is -2.12. The Morgan fingerprint density at radius 1 is 1.00 bits per heavy atom. The van der Waals surface area contributed by atoms with Gasteiger partial charge in [-0.2, -0.15) is 0 Å². The van der Waals surface area contributed by atoms with E-state index in [2.05, 4.69) is 20.9 Å². The van der Waals surface area contributed by atoms with Gasteiger partial charge in [0.15, 0.2) is 9.84 Å². The molecule has 1 heterocycles. The topological polar surface area (TPSA) is 47.0 Å². The van der Waals surface area contributed by atoms with Crippen LogP contribution in [-0.2, 0) is 9.84 Å². The predicted octanol–water partition coefficient (Wildman–Crippen LogP) is 5.03. The molecule has 0 spiro atoms. The number of aromatic nitrogens is 1. The highest BCUT2D eigenvalue weighted by Crippen LogP contribution is 2.34. The third kappa shape index (κ3) is 3.65. The van der Waals surface area contributed by atoms with E-state index in [1.54, 1.807) is 18.5 Å². The first-order valence-corrected chi connectivity index (χ1v) is 10.2. The number of hydrogen-bond acceptors (Lipinski definition) is 3. The van der Waals surface area contributed by atoms with Gasteiger partial charge < -0.3 is 0 Å². The minimum Gasteiger partial charge on any atom is -0.264 e. The SMILES string of the molecule is Cc1ccc(-c2ccncc2-c2ccc(S(C)(=O)=O)c(F)c2)cc1Br. The van der Waals surface area contributed by atoms with E-state index in [0.717, 1.165) is 33.0 Å². The fourth-order valence-electron chi connectivity index (χ4n) is 2.61. The summed E-state index contributed by atoms with van der Waals surface area (Å²) < 4.78 is 38.5. The van der Waals surface area contributed by atoms with Gasteiger partial charge in [0.2, 0.25) is 0 Å². The highest BCUT2D eigenvalue weighted by molar-refractivity contribution is 9.10. The summed E-state index contributed by atoms with van der Waals surface area (Å²) in [4.78, 5) is 3.83. The molecular formula is C19H15BrFNO2S. The van der Waals surface area contributed by atoms with E-state index in [-0.39, 0.29) is 4.90 Å². The Hall–Kier alpha value is -2.05. The summed E-state index contributed by atoms with van der Waals surface area (Å²) in [6.07, 6.45) is 4.32. The van der Waals surface area contributed by atoms with Gasteiger partial charge >= 0.3 is 0 Å². The van der Waals surface area contributed by atoms with E-state index in [1.807, 2.05) is 31.2 Å². The molecule has 1 aromatic heterocycles. The van der Waals surface area contributed by atoms with Crippen LogP contribution in [0.3, 0.4) is 0 Å². The molecule has 0 aliphatic heterocycles. The van der Waals surface area contributed by atoms with E-state index in [1.165, 1.54) is 12.1 Å². The Morgan fingerprint density at radius 2 is 1.68 bits per heavy atom. The molecule has 0 amide bonds. The van der Waals surface area contributed by atoms with Gasteiger partial charge in [0.05, 0.1) is 0 Å². The number of nitrogens with zero attached hydrogens (tertiary/aromatic N) is 1. The van der Waals surface area contributed by atoms with Gasteiger partial charge in [0.25, 0.3) is 0 Å². The minimum atomic E-state index is -3.60. The molecule has 2 aromatic carbocycles. The van der Waals surface area contributed by atoms with Crippen molar-refractivity contribution in [3.8, 4) is 22.3 Å². The average molecular weight is 420 g/mol. The maximum Gasteiger partial charge on any atom is 0.178 e. The van der Waals surface area contributed by atoms with E-state index in [9.17, 15) is 12.8 Å². The molecule has 6 heteroatoms. The lowest BCUT2D eigenvalue weighted by atomic mass is 9.96. The predicted molar refractivity (Wildman–Crippen MR) is 101 cm³/mol. The molecule has 3 rings (SSSR count). The molecule has 0 saturated carbocycles. The van der Waals surface area contributed by atoms with Crippen molar-refractivity contribution in [1.82, 2.24) is 4.98 Å². The second kappa shape index (κ2) is 6.69. The molecule has 25 heavy (non-hydrogen) atoms. The summed E-state index contributed by atoms with van der Waals surface area (Å²) in [6, 6.07) is 12.0. The Balaban J connectivity index is 2.16. The number of rotatable bonds is 3. The maximum atomic E-state index is 14.3. The van der Waals surface area contributed by atoms with Crippen molar-refractivity contribution >= 4 is 25.8 Å². The van der Waals surface area contributed by atoms with Crippen molar-refractivity contribution in [2.75, 3.05) is 6.26 Å². The van der Waals surface area contributed by atoms with Gasteiger partial charge in [-0.15, -0.1) is 0 Å². The van der Waals surface area contributed by atoms with Gasteiger partial charge in [-0.05, 0) is 53.4 Å². The van der Waals surface area contributed by atoms with Crippen molar-refractivity contribution in [3.63, 3.8) is 0 Å². The Labute approximate surface area is 154 Å². The largest absolute Gasteiger partial charge is 0.264 e. The zero-order valence-corrected chi connectivity index (χ0v) is 16.0. The highest BCUT2D eigenvalue weighted by Gasteiger charge is 2.16. The van der Waals surface area contributed by atoms with Crippen LogP contribution < -0.4 is 0 Å². The molecule has 0 bridgehead atoms. The Bertz CT molecular complexity index is 1060. The Morgan fingerprint density at radius 3 is 2.32 bits per heavy atom. The van der Waals surface area contributed by atoms with E-state index in [4.69, 9.17) is 0 Å². The fraction of sp³-hybridized carbons (Fsp3) is 0.105. The third-order valence-electron chi connectivity index (χ3n) is 3.95. The first kappa shape index (κ1) is 17.8. The second-order valence-electron chi connectivity index (χ2n) is 5.80. The van der Waals surface area contributed by atoms with Crippen LogP contribution in [0.5, 0.6) is 0 Å². The van der Waals surface area contributed by atoms with Crippen LogP contribution in [0, 0.1) is 12.7 Å². The maximum absolute atomic E-state index is 14.3. The molecule has 0 fully saturated rings. The lowest BCUT2D eigenvalue weighted by molar-refractivity contribution is 0.571. The molecule has 0 aliphatic carbocycles. The van der Waals surface area contributed by atoms with Gasteiger partial charge in [0.1, 0.15) is 10.7 Å². The highest BCUT2D eigenvalue weighted by atomic mass is 79.9. The molecule has 0 atom stereocenters. The van der Waals surface area contributed by atoms with Gasteiger partial charge in [-0.3, -0.25) is 4.98 Å². The zero-order valence-electron chi connectivity index (χ0n) is 13.6. The third-order valence-corrected chi connectivity index (χ3v) is 5.93. The molecule has 0 aliphatic rings. The summed E-state index contributed by atoms with van der Waals surface area (Å²) in [5.41, 5.74) is 4.27. The van der Waals surface area contributed by atoms with Gasteiger partial charge in [0, 0.05) is 28.7 Å². The van der Waals surface area contributed by atoms with Crippen molar-refractivity contribution in [3.05, 3.63) is 70.7 Å². The summed E-state index contributed by atoms with van der Waals surface area (Å²) in [6.45, 7) is 2.00. The van der Waals surface area contributed by atoms with Crippen LogP contribution in [0.4, 0.5) is 4.39 Å². The average Bonchev–Trinajstić information content (AvgIpc) is 2.56. The normalized spacial score (nSPS) is 11.5. The van der Waals surface area contributed by atoms with Crippen LogP contribution in [0.1, 0.15) is 5.56 Å². The molecular weight excluding hydrogens is 405 g/mol. The van der Waals surface area contributed by atoms with E-state index in [0.29, 0.717) is 5.56 Å². The molecule has 128 valence electrons. The van der Waals surface area contributed by atoms with E-state index < -0.39 is 15.7 Å². The smallest absolute Gasteiger partial charge is 0.178 e. The van der Waals surface area contributed by atoms with Crippen LogP contribution in [-0.4, -0.2) is 19.7 Å². The van der Waals surface area contributed by atoms with Crippen molar-refractivity contribution in [1.29, 1.82) is 0 Å². The molecule has 3 nitrogen and oxygen atoms in total. The first-order valence-electron chi connectivity index (χ1n) is 7.48. The molecule has 3 aromatic rings. The number of hydrogen-bond donors (Lipinski definition) is 0. The van der Waals surface area contributed by atoms with Crippen molar-refractivity contribution in [2.45, 2.75) is 11.8 Å². The molecule has 0 unspecified atom stereocenters. The first-order chi connectivity index (χ1) is 11.8. The van der Waals surface area contributed by atoms with Crippen LogP contribution in [0.25, 0.3) is 22.3 Å². The molecule has 0 N–H and O–H groups in total. The minimum absolute atomic E-state index is 0.306. The lowest BCUT2D eigenvalue weighted by Crippen LogP contribution is -2.01. The van der Waals surface area contributed by atoms with E-state index >= 15 is 0 Å². The second-order valence-corrected chi connectivity index (χ2v) is 8.64.